The Morgan fingerprint density at radius 2 is 1.62 bits per heavy atom. The van der Waals surface area contributed by atoms with Crippen molar-refractivity contribution in [1.82, 2.24) is 14.3 Å². The van der Waals surface area contributed by atoms with E-state index in [2.05, 4.69) is 11.0 Å². The van der Waals surface area contributed by atoms with Crippen molar-refractivity contribution in [3.8, 4) is 29.4 Å². The summed E-state index contributed by atoms with van der Waals surface area (Å²) in [6, 6.07) is 19.0. The monoisotopic (exact) mass is 275 g/mol. The van der Waals surface area contributed by atoms with Gasteiger partial charge >= 0.3 is 5.69 Å². The molecule has 0 fully saturated rings. The third kappa shape index (κ3) is 2.37. The largest absolute Gasteiger partial charge is 0.351 e. The molecule has 0 amide bonds. The average Bonchev–Trinajstić information content (AvgIpc) is 2.86. The van der Waals surface area contributed by atoms with Crippen molar-refractivity contribution in [2.75, 3.05) is 0 Å². The fourth-order valence-corrected chi connectivity index (χ4v) is 2.18. The number of hydrogen-bond donors (Lipinski definition) is 0. The summed E-state index contributed by atoms with van der Waals surface area (Å²) in [6.07, 6.45) is 5.31. The lowest BCUT2D eigenvalue weighted by Crippen LogP contribution is -2.23. The molecule has 4 nitrogen and oxygen atoms in total. The predicted octanol–water partition coefficient (Wildman–Crippen LogP) is 2.33. The Hall–Kier alpha value is -3.06. The number of para-hydroxylation sites is 1. The molecule has 102 valence electrons. The van der Waals surface area contributed by atoms with Crippen LogP contribution in [0, 0.1) is 12.3 Å². The van der Waals surface area contributed by atoms with E-state index in [4.69, 9.17) is 6.42 Å². The number of benzene rings is 2. The van der Waals surface area contributed by atoms with Crippen LogP contribution in [0.3, 0.4) is 0 Å². The summed E-state index contributed by atoms with van der Waals surface area (Å²) >= 11 is 0. The van der Waals surface area contributed by atoms with Crippen LogP contribution >= 0.6 is 0 Å². The van der Waals surface area contributed by atoms with Crippen molar-refractivity contribution >= 4 is 0 Å². The number of nitrogens with zero attached hydrogens (tertiary/aromatic N) is 3. The third-order valence-corrected chi connectivity index (χ3v) is 3.13. The van der Waals surface area contributed by atoms with Crippen LogP contribution in [0.5, 0.6) is 0 Å². The minimum atomic E-state index is -0.238. The van der Waals surface area contributed by atoms with Gasteiger partial charge in [-0.25, -0.2) is 14.0 Å². The highest BCUT2D eigenvalue weighted by Gasteiger charge is 2.15. The maximum Gasteiger partial charge on any atom is 0.351 e. The van der Waals surface area contributed by atoms with E-state index in [1.807, 2.05) is 60.7 Å². The molecule has 0 aliphatic carbocycles. The summed E-state index contributed by atoms with van der Waals surface area (Å²) in [7, 11) is 0. The Morgan fingerprint density at radius 1 is 1.00 bits per heavy atom. The molecule has 0 spiro atoms. The molecular weight excluding hydrogens is 262 g/mol. The minimum Gasteiger partial charge on any atom is -0.246 e. The quantitative estimate of drug-likeness (QED) is 0.688. The first kappa shape index (κ1) is 12.9. The second kappa shape index (κ2) is 5.51. The first-order valence-electron chi connectivity index (χ1n) is 6.55. The smallest absolute Gasteiger partial charge is 0.246 e. The minimum absolute atomic E-state index is 0.151. The van der Waals surface area contributed by atoms with Gasteiger partial charge in [-0.3, -0.25) is 0 Å². The predicted molar refractivity (Wildman–Crippen MR) is 82.1 cm³/mol. The van der Waals surface area contributed by atoms with Gasteiger partial charge in [-0.2, -0.15) is 0 Å². The molecule has 0 unspecified atom stereocenters. The van der Waals surface area contributed by atoms with Crippen LogP contribution in [0.4, 0.5) is 0 Å². The van der Waals surface area contributed by atoms with Crippen molar-refractivity contribution in [3.05, 3.63) is 71.1 Å². The van der Waals surface area contributed by atoms with E-state index < -0.39 is 0 Å². The van der Waals surface area contributed by atoms with Crippen LogP contribution in [0.15, 0.2) is 65.5 Å². The van der Waals surface area contributed by atoms with E-state index in [1.54, 1.807) is 4.57 Å². The van der Waals surface area contributed by atoms with Crippen LogP contribution in [0.2, 0.25) is 0 Å². The molecule has 3 rings (SSSR count). The van der Waals surface area contributed by atoms with Gasteiger partial charge in [0.25, 0.3) is 0 Å². The lowest BCUT2D eigenvalue weighted by molar-refractivity contribution is 0.680. The average molecular weight is 275 g/mol. The normalized spacial score (nSPS) is 10.2. The summed E-state index contributed by atoms with van der Waals surface area (Å²) < 4.78 is 2.88. The highest BCUT2D eigenvalue weighted by Crippen LogP contribution is 2.18. The van der Waals surface area contributed by atoms with Gasteiger partial charge in [-0.1, -0.05) is 54.5 Å². The summed E-state index contributed by atoms with van der Waals surface area (Å²) in [5.74, 6) is 3.04. The number of hydrogen-bond acceptors (Lipinski definition) is 2. The molecule has 1 aromatic heterocycles. The van der Waals surface area contributed by atoms with Gasteiger partial charge in [-0.05, 0) is 12.1 Å². The first-order chi connectivity index (χ1) is 10.3. The lowest BCUT2D eigenvalue weighted by atomic mass is 10.2. The molecule has 0 aliphatic heterocycles. The number of rotatable bonds is 3. The lowest BCUT2D eigenvalue weighted by Gasteiger charge is -2.04. The Bertz CT molecular complexity index is 839. The van der Waals surface area contributed by atoms with E-state index in [1.165, 1.54) is 4.68 Å². The van der Waals surface area contributed by atoms with E-state index in [-0.39, 0.29) is 12.2 Å². The number of aromatic nitrogens is 3. The molecule has 4 heteroatoms. The fourth-order valence-electron chi connectivity index (χ4n) is 2.18. The van der Waals surface area contributed by atoms with Crippen LogP contribution in [0.1, 0.15) is 0 Å². The molecule has 2 aromatic carbocycles. The molecule has 0 atom stereocenters. The van der Waals surface area contributed by atoms with Gasteiger partial charge in [0.2, 0.25) is 0 Å². The Balaban J connectivity index is 2.27. The number of terminal acetylenes is 1. The maximum absolute atomic E-state index is 12.5. The van der Waals surface area contributed by atoms with Crippen molar-refractivity contribution in [3.63, 3.8) is 0 Å². The summed E-state index contributed by atoms with van der Waals surface area (Å²) in [5.41, 5.74) is 1.40. The van der Waals surface area contributed by atoms with E-state index in [9.17, 15) is 4.79 Å². The molecule has 3 aromatic rings. The standard InChI is InChI=1S/C17H13N3O/c1-2-13-19-17(21)20(15-11-7-4-8-12-15)16(18-19)14-9-5-3-6-10-14/h1,3-12H,13H2. The zero-order chi connectivity index (χ0) is 14.7. The van der Waals surface area contributed by atoms with Gasteiger partial charge < -0.3 is 0 Å². The molecule has 0 saturated heterocycles. The van der Waals surface area contributed by atoms with E-state index in [0.29, 0.717) is 5.82 Å². The highest BCUT2D eigenvalue weighted by molar-refractivity contribution is 5.57. The molecule has 0 radical (unpaired) electrons. The Kier molecular flexibility index (Phi) is 3.40. The Morgan fingerprint density at radius 3 is 2.24 bits per heavy atom. The third-order valence-electron chi connectivity index (χ3n) is 3.13. The van der Waals surface area contributed by atoms with Gasteiger partial charge in [0.1, 0.15) is 6.54 Å². The second-order valence-corrected chi connectivity index (χ2v) is 4.50. The van der Waals surface area contributed by atoms with Crippen molar-refractivity contribution in [1.29, 1.82) is 0 Å². The van der Waals surface area contributed by atoms with Gasteiger partial charge in [0.05, 0.1) is 5.69 Å². The van der Waals surface area contributed by atoms with Crippen LogP contribution < -0.4 is 5.69 Å². The molecule has 0 bridgehead atoms. The Labute approximate surface area is 122 Å². The molecule has 1 heterocycles. The topological polar surface area (TPSA) is 39.8 Å². The van der Waals surface area contributed by atoms with Crippen molar-refractivity contribution in [2.45, 2.75) is 6.54 Å². The SMILES string of the molecule is C#CCn1nc(-c2ccccc2)n(-c2ccccc2)c1=O. The summed E-state index contributed by atoms with van der Waals surface area (Å²) in [6.45, 7) is 0.151. The molecule has 0 N–H and O–H groups in total. The molecular formula is C17H13N3O. The van der Waals surface area contributed by atoms with E-state index >= 15 is 0 Å². The van der Waals surface area contributed by atoms with Crippen LogP contribution in [0.25, 0.3) is 17.1 Å². The van der Waals surface area contributed by atoms with Gasteiger partial charge in [-0.15, -0.1) is 11.5 Å². The van der Waals surface area contributed by atoms with Crippen LogP contribution in [-0.4, -0.2) is 14.3 Å². The maximum atomic E-state index is 12.5. The van der Waals surface area contributed by atoms with E-state index in [0.717, 1.165) is 11.3 Å². The molecule has 0 saturated carbocycles. The fraction of sp³-hybridized carbons (Fsp3) is 0.0588. The zero-order valence-corrected chi connectivity index (χ0v) is 11.3. The van der Waals surface area contributed by atoms with Crippen molar-refractivity contribution < 1.29 is 0 Å². The zero-order valence-electron chi connectivity index (χ0n) is 11.3. The van der Waals surface area contributed by atoms with Crippen LogP contribution in [-0.2, 0) is 6.54 Å². The van der Waals surface area contributed by atoms with Gasteiger partial charge in [0.15, 0.2) is 5.82 Å². The van der Waals surface area contributed by atoms with Gasteiger partial charge in [0, 0.05) is 5.56 Å². The first-order valence-corrected chi connectivity index (χ1v) is 6.55. The molecule has 0 aliphatic rings. The summed E-state index contributed by atoms with van der Waals surface area (Å²) in [4.78, 5) is 12.5. The summed E-state index contributed by atoms with van der Waals surface area (Å²) in [5, 5.41) is 4.37. The second-order valence-electron chi connectivity index (χ2n) is 4.50. The van der Waals surface area contributed by atoms with Crippen molar-refractivity contribution in [2.24, 2.45) is 0 Å². The molecule has 21 heavy (non-hydrogen) atoms. The highest BCUT2D eigenvalue weighted by atomic mass is 16.2.